The van der Waals surface area contributed by atoms with Crippen molar-refractivity contribution in [1.82, 2.24) is 4.90 Å². The van der Waals surface area contributed by atoms with Gasteiger partial charge < -0.3 is 19.5 Å². The van der Waals surface area contributed by atoms with Gasteiger partial charge >= 0.3 is 0 Å². The monoisotopic (exact) mass is 496 g/mol. The van der Waals surface area contributed by atoms with Crippen LogP contribution in [0.15, 0.2) is 78.9 Å². The molecule has 1 fully saturated rings. The van der Waals surface area contributed by atoms with Gasteiger partial charge in [0.05, 0.1) is 14.2 Å². The molecule has 5 nitrogen and oxygen atoms in total. The third-order valence-electron chi connectivity index (χ3n) is 7.12. The maximum absolute atomic E-state index is 6.00. The fourth-order valence-electron chi connectivity index (χ4n) is 4.94. The maximum atomic E-state index is 6.00. The highest BCUT2D eigenvalue weighted by Gasteiger charge is 2.11. The van der Waals surface area contributed by atoms with Crippen molar-refractivity contribution in [1.29, 1.82) is 0 Å². The van der Waals surface area contributed by atoms with Crippen LogP contribution in [0.25, 0.3) is 21.9 Å². The molecule has 4 aromatic rings. The van der Waals surface area contributed by atoms with Gasteiger partial charge in [-0.25, -0.2) is 0 Å². The van der Waals surface area contributed by atoms with Crippen molar-refractivity contribution in [3.05, 3.63) is 84.4 Å². The van der Waals surface area contributed by atoms with Crippen LogP contribution in [0, 0.1) is 0 Å². The quantitative estimate of drug-likeness (QED) is 0.256. The van der Waals surface area contributed by atoms with E-state index in [1.165, 1.54) is 43.3 Å². The minimum atomic E-state index is 0.707. The first-order valence-electron chi connectivity index (χ1n) is 13.2. The van der Waals surface area contributed by atoms with Gasteiger partial charge in [-0.2, -0.15) is 0 Å². The van der Waals surface area contributed by atoms with Gasteiger partial charge in [0, 0.05) is 30.4 Å². The van der Waals surface area contributed by atoms with Crippen LogP contribution in [0.2, 0.25) is 0 Å². The van der Waals surface area contributed by atoms with Crippen molar-refractivity contribution in [3.8, 4) is 28.4 Å². The van der Waals surface area contributed by atoms with E-state index in [-0.39, 0.29) is 0 Å². The first kappa shape index (κ1) is 25.0. The molecule has 5 rings (SSSR count). The third kappa shape index (κ3) is 6.36. The highest BCUT2D eigenvalue weighted by molar-refractivity contribution is 5.91. The molecule has 4 aromatic carbocycles. The summed E-state index contributed by atoms with van der Waals surface area (Å²) in [6, 6.07) is 27.3. The second-order valence-corrected chi connectivity index (χ2v) is 9.59. The number of ether oxygens (including phenoxy) is 3. The summed E-state index contributed by atoms with van der Waals surface area (Å²) in [5, 5.41) is 5.96. The Balaban J connectivity index is 1.26. The van der Waals surface area contributed by atoms with E-state index >= 15 is 0 Å². The van der Waals surface area contributed by atoms with E-state index in [9.17, 15) is 0 Å². The van der Waals surface area contributed by atoms with Crippen LogP contribution in [-0.4, -0.2) is 45.4 Å². The first-order chi connectivity index (χ1) is 18.2. The molecule has 0 amide bonds. The van der Waals surface area contributed by atoms with E-state index in [4.69, 9.17) is 14.2 Å². The number of likely N-dealkylation sites (tertiary alicyclic amines) is 1. The molecule has 0 saturated carbocycles. The summed E-state index contributed by atoms with van der Waals surface area (Å²) in [5.74, 6) is 2.62. The van der Waals surface area contributed by atoms with Crippen LogP contribution in [0.4, 0.5) is 5.69 Å². The number of nitrogens with zero attached hydrogens (tertiary/aromatic N) is 1. The molecule has 0 spiro atoms. The molecule has 0 radical (unpaired) electrons. The summed E-state index contributed by atoms with van der Waals surface area (Å²) in [5.41, 5.74) is 4.52. The van der Waals surface area contributed by atoms with Gasteiger partial charge in [-0.3, -0.25) is 4.90 Å². The third-order valence-corrected chi connectivity index (χ3v) is 7.12. The number of benzene rings is 4. The summed E-state index contributed by atoms with van der Waals surface area (Å²) in [6.07, 6.45) is 3.99. The maximum Gasteiger partial charge on any atom is 0.120 e. The number of hydrogen-bond acceptors (Lipinski definition) is 5. The van der Waals surface area contributed by atoms with E-state index < -0.39 is 0 Å². The molecule has 1 saturated heterocycles. The Morgan fingerprint density at radius 3 is 2.16 bits per heavy atom. The van der Waals surface area contributed by atoms with Gasteiger partial charge in [0.1, 0.15) is 23.9 Å². The van der Waals surface area contributed by atoms with Gasteiger partial charge in [0.25, 0.3) is 0 Å². The molecule has 1 N–H and O–H groups in total. The normalized spacial score (nSPS) is 13.9. The second-order valence-electron chi connectivity index (χ2n) is 9.59. The first-order valence-corrected chi connectivity index (χ1v) is 13.2. The molecule has 5 heteroatoms. The van der Waals surface area contributed by atoms with Gasteiger partial charge in [0.15, 0.2) is 0 Å². The predicted octanol–water partition coefficient (Wildman–Crippen LogP) is 7.00. The summed E-state index contributed by atoms with van der Waals surface area (Å²) >= 11 is 0. The number of rotatable bonds is 10. The predicted molar refractivity (Wildman–Crippen MR) is 152 cm³/mol. The van der Waals surface area contributed by atoms with Gasteiger partial charge in [-0.05, 0) is 90.3 Å². The number of hydrogen-bond donors (Lipinski definition) is 1. The zero-order chi connectivity index (χ0) is 25.5. The van der Waals surface area contributed by atoms with Crippen LogP contribution in [-0.2, 0) is 6.54 Å². The van der Waals surface area contributed by atoms with Gasteiger partial charge in [-0.1, -0.05) is 36.8 Å². The Kier molecular flexibility index (Phi) is 8.11. The molecular formula is C32H36N2O3. The molecular weight excluding hydrogens is 460 g/mol. The Labute approximate surface area is 220 Å². The molecule has 0 aliphatic carbocycles. The molecule has 37 heavy (non-hydrogen) atoms. The number of anilines is 1. The number of methoxy groups -OCH3 is 2. The lowest BCUT2D eigenvalue weighted by molar-refractivity contribution is 0.183. The molecule has 0 unspecified atom stereocenters. The van der Waals surface area contributed by atoms with Crippen molar-refractivity contribution in [2.24, 2.45) is 0 Å². The smallest absolute Gasteiger partial charge is 0.120 e. The number of nitrogens with one attached hydrogen (secondary N) is 1. The molecule has 1 aliphatic heterocycles. The number of piperidine rings is 1. The van der Waals surface area contributed by atoms with E-state index in [1.807, 2.05) is 12.1 Å². The average Bonchev–Trinajstić information content (AvgIpc) is 2.96. The molecule has 0 atom stereocenters. The Morgan fingerprint density at radius 1 is 0.703 bits per heavy atom. The fourth-order valence-corrected chi connectivity index (χ4v) is 4.94. The summed E-state index contributed by atoms with van der Waals surface area (Å²) < 4.78 is 16.9. The molecule has 0 aromatic heterocycles. The highest BCUT2D eigenvalue weighted by atomic mass is 16.5. The SMILES string of the molecule is COc1ccc(-c2ccc3cc(OC)ccc3c2)c(NCc2ccc(OCCN3CCCCC3)cc2)c1. The lowest BCUT2D eigenvalue weighted by Crippen LogP contribution is -2.33. The van der Waals surface area contributed by atoms with Crippen molar-refractivity contribution >= 4 is 16.5 Å². The van der Waals surface area contributed by atoms with E-state index in [1.54, 1.807) is 14.2 Å². The largest absolute Gasteiger partial charge is 0.497 e. The average molecular weight is 497 g/mol. The zero-order valence-corrected chi connectivity index (χ0v) is 21.8. The van der Waals surface area contributed by atoms with Crippen LogP contribution in [0.3, 0.4) is 0 Å². The molecule has 1 aliphatic rings. The summed E-state index contributed by atoms with van der Waals surface area (Å²) in [4.78, 5) is 2.50. The molecule has 0 bridgehead atoms. The van der Waals surface area contributed by atoms with Crippen LogP contribution in [0.1, 0.15) is 24.8 Å². The lowest BCUT2D eigenvalue weighted by atomic mass is 9.99. The van der Waals surface area contributed by atoms with E-state index in [0.717, 1.165) is 52.6 Å². The Bertz CT molecular complexity index is 1310. The summed E-state index contributed by atoms with van der Waals surface area (Å²) in [6.45, 7) is 4.86. The van der Waals surface area contributed by atoms with Crippen molar-refractivity contribution in [2.75, 3.05) is 45.8 Å². The zero-order valence-electron chi connectivity index (χ0n) is 21.8. The highest BCUT2D eigenvalue weighted by Crippen LogP contribution is 2.34. The second kappa shape index (κ2) is 12.0. The van der Waals surface area contributed by atoms with Gasteiger partial charge in [0.2, 0.25) is 0 Å². The minimum Gasteiger partial charge on any atom is -0.497 e. The fraction of sp³-hybridized carbons (Fsp3) is 0.312. The molecule has 192 valence electrons. The summed E-state index contributed by atoms with van der Waals surface area (Å²) in [7, 11) is 3.40. The topological polar surface area (TPSA) is 43.0 Å². The van der Waals surface area contributed by atoms with Crippen LogP contribution >= 0.6 is 0 Å². The lowest BCUT2D eigenvalue weighted by Gasteiger charge is -2.26. The van der Waals surface area contributed by atoms with Gasteiger partial charge in [-0.15, -0.1) is 0 Å². The Morgan fingerprint density at radius 2 is 1.38 bits per heavy atom. The van der Waals surface area contributed by atoms with Crippen LogP contribution in [0.5, 0.6) is 17.2 Å². The molecule has 1 heterocycles. The van der Waals surface area contributed by atoms with E-state index in [2.05, 4.69) is 76.9 Å². The number of fused-ring (bicyclic) bond motifs is 1. The van der Waals surface area contributed by atoms with Crippen molar-refractivity contribution in [2.45, 2.75) is 25.8 Å². The van der Waals surface area contributed by atoms with Crippen LogP contribution < -0.4 is 19.5 Å². The standard InChI is InChI=1S/C32H36N2O3/c1-35-29-13-10-25-20-27(9-8-26(25)21-29)31-15-14-30(36-2)22-32(31)33-23-24-6-11-28(12-7-24)37-19-18-34-16-4-3-5-17-34/h6-15,20-22,33H,3-5,16-19,23H2,1-2H3. The van der Waals surface area contributed by atoms with Crippen molar-refractivity contribution < 1.29 is 14.2 Å². The Hall–Kier alpha value is -3.70. The van der Waals surface area contributed by atoms with Crippen molar-refractivity contribution in [3.63, 3.8) is 0 Å². The minimum absolute atomic E-state index is 0.707. The van der Waals surface area contributed by atoms with E-state index in [0.29, 0.717) is 6.54 Å².